The molecule has 0 saturated carbocycles. The zero-order valence-corrected chi connectivity index (χ0v) is 17.3. The van der Waals surface area contributed by atoms with Gasteiger partial charge >= 0.3 is 0 Å². The zero-order chi connectivity index (χ0) is 20.7. The van der Waals surface area contributed by atoms with E-state index in [0.29, 0.717) is 0 Å². The third-order valence-electron chi connectivity index (χ3n) is 5.79. The Hall–Kier alpha value is -3.47. The Morgan fingerprint density at radius 1 is 0.933 bits per heavy atom. The van der Waals surface area contributed by atoms with Gasteiger partial charge < -0.3 is 14.2 Å². The van der Waals surface area contributed by atoms with Gasteiger partial charge in [-0.05, 0) is 36.8 Å². The number of hydrogen-bond acceptors (Lipinski definition) is 5. The molecular weight excluding hydrogens is 376 g/mol. The first-order valence-corrected chi connectivity index (χ1v) is 10.1. The molecule has 30 heavy (non-hydrogen) atoms. The summed E-state index contributed by atoms with van der Waals surface area (Å²) < 4.78 is 17.6. The molecule has 2 atom stereocenters. The number of ether oxygens (including phenoxy) is 3. The highest BCUT2D eigenvalue weighted by Gasteiger charge is 2.42. The predicted molar refractivity (Wildman–Crippen MR) is 116 cm³/mol. The van der Waals surface area contributed by atoms with Crippen LogP contribution in [0.15, 0.2) is 71.8 Å². The molecule has 2 aliphatic heterocycles. The molecule has 0 fully saturated rings. The van der Waals surface area contributed by atoms with Crippen molar-refractivity contribution in [3.8, 4) is 17.2 Å². The Labute approximate surface area is 176 Å². The van der Waals surface area contributed by atoms with Crippen LogP contribution in [0.25, 0.3) is 0 Å². The average Bonchev–Trinajstić information content (AvgIpc) is 3.24. The molecule has 5 rings (SSSR count). The molecule has 0 bridgehead atoms. The Kier molecular flexibility index (Phi) is 4.58. The third kappa shape index (κ3) is 3.07. The van der Waals surface area contributed by atoms with E-state index in [-0.39, 0.29) is 6.04 Å². The lowest BCUT2D eigenvalue weighted by atomic mass is 9.95. The van der Waals surface area contributed by atoms with Gasteiger partial charge in [-0.3, -0.25) is 0 Å². The van der Waals surface area contributed by atoms with E-state index in [1.54, 1.807) is 14.2 Å². The van der Waals surface area contributed by atoms with Crippen LogP contribution < -0.4 is 14.2 Å². The second kappa shape index (κ2) is 7.41. The maximum absolute atomic E-state index is 6.46. The maximum Gasteiger partial charge on any atom is 0.217 e. The lowest BCUT2D eigenvalue weighted by Crippen LogP contribution is -2.33. The van der Waals surface area contributed by atoms with Crippen LogP contribution in [-0.2, 0) is 0 Å². The molecule has 0 saturated heterocycles. The van der Waals surface area contributed by atoms with E-state index >= 15 is 0 Å². The number of benzene rings is 3. The number of para-hydroxylation sites is 1. The van der Waals surface area contributed by atoms with Gasteiger partial charge in [-0.1, -0.05) is 48.0 Å². The van der Waals surface area contributed by atoms with Crippen LogP contribution in [0.2, 0.25) is 0 Å². The maximum atomic E-state index is 6.46. The topological polar surface area (TPSA) is 43.3 Å². The average molecular weight is 400 g/mol. The summed E-state index contributed by atoms with van der Waals surface area (Å²) in [4.78, 5) is 0. The fraction of sp³-hybridized carbons (Fsp3) is 0.240. The van der Waals surface area contributed by atoms with E-state index in [9.17, 15) is 0 Å². The number of fused-ring (bicyclic) bond motifs is 3. The van der Waals surface area contributed by atoms with Crippen molar-refractivity contribution in [3.05, 3.63) is 89.0 Å². The molecule has 152 valence electrons. The van der Waals surface area contributed by atoms with Crippen LogP contribution in [0.3, 0.4) is 0 Å². The molecule has 0 amide bonds. The van der Waals surface area contributed by atoms with E-state index < -0.39 is 6.23 Å². The summed E-state index contributed by atoms with van der Waals surface area (Å²) in [6, 6.07) is 22.6. The lowest BCUT2D eigenvalue weighted by Gasteiger charge is -2.38. The molecular formula is C25H24N2O3. The third-order valence-corrected chi connectivity index (χ3v) is 5.79. The standard InChI is InChI=1S/C25H24N2O3/c1-16-8-10-17(11-9-16)21-15-22-19-6-4-5-7-24(19)30-25(27(22)26-21)20-14-18(28-2)12-13-23(20)29-3/h4-14,22,25H,15H2,1-3H3/t22-,25+/m0/s1. The van der Waals surface area contributed by atoms with Gasteiger partial charge in [0.2, 0.25) is 6.23 Å². The Bertz CT molecular complexity index is 1110. The van der Waals surface area contributed by atoms with Gasteiger partial charge in [-0.25, -0.2) is 5.01 Å². The molecule has 3 aromatic carbocycles. The number of nitrogens with zero attached hydrogens (tertiary/aromatic N) is 2. The van der Waals surface area contributed by atoms with Crippen LogP contribution in [0, 0.1) is 6.92 Å². The van der Waals surface area contributed by atoms with E-state index in [0.717, 1.165) is 46.1 Å². The monoisotopic (exact) mass is 400 g/mol. The Balaban J connectivity index is 1.62. The van der Waals surface area contributed by atoms with Crippen molar-refractivity contribution >= 4 is 5.71 Å². The van der Waals surface area contributed by atoms with Gasteiger partial charge in [-0.15, -0.1) is 0 Å². The molecule has 0 radical (unpaired) electrons. The molecule has 0 aliphatic carbocycles. The van der Waals surface area contributed by atoms with Crippen molar-refractivity contribution < 1.29 is 14.2 Å². The highest BCUT2D eigenvalue weighted by Crippen LogP contribution is 2.49. The van der Waals surface area contributed by atoms with Crippen molar-refractivity contribution in [2.75, 3.05) is 14.2 Å². The van der Waals surface area contributed by atoms with Crippen LogP contribution >= 0.6 is 0 Å². The van der Waals surface area contributed by atoms with Gasteiger partial charge in [0, 0.05) is 12.0 Å². The second-order valence-electron chi connectivity index (χ2n) is 7.63. The van der Waals surface area contributed by atoms with Gasteiger partial charge in [0.05, 0.1) is 31.5 Å². The summed E-state index contributed by atoms with van der Waals surface area (Å²) in [5.41, 5.74) is 5.49. The number of aryl methyl sites for hydroxylation is 1. The summed E-state index contributed by atoms with van der Waals surface area (Å²) in [6.07, 6.45) is 0.421. The summed E-state index contributed by atoms with van der Waals surface area (Å²) in [7, 11) is 3.33. The number of rotatable bonds is 4. The first-order valence-electron chi connectivity index (χ1n) is 10.1. The van der Waals surface area contributed by atoms with Gasteiger partial charge in [-0.2, -0.15) is 5.10 Å². The molecule has 0 N–H and O–H groups in total. The molecule has 2 aliphatic rings. The van der Waals surface area contributed by atoms with Gasteiger partial charge in [0.25, 0.3) is 0 Å². The molecule has 5 heteroatoms. The van der Waals surface area contributed by atoms with Crippen molar-refractivity contribution in [1.29, 1.82) is 0 Å². The normalized spacial score (nSPS) is 19.4. The van der Waals surface area contributed by atoms with Crippen LogP contribution in [0.1, 0.15) is 40.9 Å². The quantitative estimate of drug-likeness (QED) is 0.600. The minimum Gasteiger partial charge on any atom is -0.497 e. The van der Waals surface area contributed by atoms with Gasteiger partial charge in [0.1, 0.15) is 17.2 Å². The van der Waals surface area contributed by atoms with Crippen LogP contribution in [-0.4, -0.2) is 24.9 Å². The molecule has 0 unspecified atom stereocenters. The number of methoxy groups -OCH3 is 2. The largest absolute Gasteiger partial charge is 0.497 e. The molecule has 0 spiro atoms. The fourth-order valence-corrected chi connectivity index (χ4v) is 4.19. The number of hydrazone groups is 1. The highest BCUT2D eigenvalue weighted by atomic mass is 16.5. The second-order valence-corrected chi connectivity index (χ2v) is 7.63. The van der Waals surface area contributed by atoms with E-state index in [1.165, 1.54) is 5.56 Å². The molecule has 0 aromatic heterocycles. The van der Waals surface area contributed by atoms with E-state index in [2.05, 4.69) is 48.3 Å². The van der Waals surface area contributed by atoms with Crippen molar-refractivity contribution in [2.24, 2.45) is 5.10 Å². The van der Waals surface area contributed by atoms with Gasteiger partial charge in [0.15, 0.2) is 0 Å². The summed E-state index contributed by atoms with van der Waals surface area (Å²) in [6.45, 7) is 2.10. The SMILES string of the molecule is COc1ccc(OC)c([C@H]2Oc3ccccc3[C@@H]3CC(c4ccc(C)cc4)=NN23)c1. The Morgan fingerprint density at radius 2 is 1.73 bits per heavy atom. The summed E-state index contributed by atoms with van der Waals surface area (Å²) in [5.74, 6) is 2.39. The van der Waals surface area contributed by atoms with Crippen LogP contribution in [0.4, 0.5) is 0 Å². The highest BCUT2D eigenvalue weighted by molar-refractivity contribution is 6.02. The van der Waals surface area contributed by atoms with Crippen molar-refractivity contribution in [3.63, 3.8) is 0 Å². The van der Waals surface area contributed by atoms with E-state index in [1.807, 2.05) is 30.3 Å². The lowest BCUT2D eigenvalue weighted by molar-refractivity contribution is -0.0204. The van der Waals surface area contributed by atoms with E-state index in [4.69, 9.17) is 19.3 Å². The smallest absolute Gasteiger partial charge is 0.217 e. The first kappa shape index (κ1) is 18.6. The first-order chi connectivity index (χ1) is 14.7. The summed E-state index contributed by atoms with van der Waals surface area (Å²) in [5, 5.41) is 7.09. The molecule has 5 nitrogen and oxygen atoms in total. The fourth-order valence-electron chi connectivity index (χ4n) is 4.19. The minimum absolute atomic E-state index is 0.104. The van der Waals surface area contributed by atoms with Crippen LogP contribution in [0.5, 0.6) is 17.2 Å². The van der Waals surface area contributed by atoms with Crippen molar-refractivity contribution in [2.45, 2.75) is 25.6 Å². The minimum atomic E-state index is -0.405. The molecule has 3 aromatic rings. The zero-order valence-electron chi connectivity index (χ0n) is 17.3. The predicted octanol–water partition coefficient (Wildman–Crippen LogP) is 5.25. The summed E-state index contributed by atoms with van der Waals surface area (Å²) >= 11 is 0. The Morgan fingerprint density at radius 3 is 2.50 bits per heavy atom. The van der Waals surface area contributed by atoms with Crippen molar-refractivity contribution in [1.82, 2.24) is 5.01 Å². The number of hydrogen-bond donors (Lipinski definition) is 0. The molecule has 2 heterocycles.